The van der Waals surface area contributed by atoms with E-state index in [1.807, 2.05) is 19.2 Å². The van der Waals surface area contributed by atoms with Gasteiger partial charge in [0, 0.05) is 24.0 Å². The number of hydrogen-bond acceptors (Lipinski definition) is 4. The second kappa shape index (κ2) is 5.69. The van der Waals surface area contributed by atoms with Gasteiger partial charge < -0.3 is 5.32 Å². The number of nitrogens with one attached hydrogen (secondary N) is 1. The smallest absolute Gasteiger partial charge is 0.244 e. The monoisotopic (exact) mass is 288 g/mol. The molecule has 2 heterocycles. The van der Waals surface area contributed by atoms with Crippen molar-refractivity contribution >= 4 is 21.4 Å². The maximum Gasteiger partial charge on any atom is 0.244 e. The zero-order chi connectivity index (χ0) is 13.2. The minimum atomic E-state index is -3.30. The number of sulfonamides is 1. The molecule has 1 N–H and O–H groups in total. The quantitative estimate of drug-likeness (QED) is 0.902. The van der Waals surface area contributed by atoms with E-state index in [2.05, 4.69) is 5.32 Å². The molecule has 2 rings (SSSR count). The first-order valence-corrected chi connectivity index (χ1v) is 8.68. The molecule has 0 radical (unpaired) electrons. The Bertz CT molecular complexity index is 496. The van der Waals surface area contributed by atoms with Crippen LogP contribution >= 0.6 is 11.3 Å². The molecule has 1 saturated heterocycles. The van der Waals surface area contributed by atoms with Gasteiger partial charge in [-0.05, 0) is 37.8 Å². The number of hydrogen-bond donors (Lipinski definition) is 1. The van der Waals surface area contributed by atoms with Crippen LogP contribution in [0.25, 0.3) is 0 Å². The van der Waals surface area contributed by atoms with Crippen molar-refractivity contribution in [2.24, 2.45) is 0 Å². The summed E-state index contributed by atoms with van der Waals surface area (Å²) < 4.78 is 26.8. The summed E-state index contributed by atoms with van der Waals surface area (Å²) in [4.78, 5) is 1.40. The molecule has 1 aromatic rings. The molecule has 0 spiro atoms. The summed E-state index contributed by atoms with van der Waals surface area (Å²) in [5, 5.41) is 5.05. The Kier molecular flexibility index (Phi) is 4.42. The van der Waals surface area contributed by atoms with Gasteiger partial charge >= 0.3 is 0 Å². The summed E-state index contributed by atoms with van der Waals surface area (Å²) in [6.07, 6.45) is 1.93. The molecule has 1 aliphatic heterocycles. The van der Waals surface area contributed by atoms with E-state index in [-0.39, 0.29) is 6.04 Å². The van der Waals surface area contributed by atoms with Crippen molar-refractivity contribution in [1.29, 1.82) is 0 Å². The van der Waals surface area contributed by atoms with Gasteiger partial charge in [-0.25, -0.2) is 8.42 Å². The largest absolute Gasteiger partial charge is 0.312 e. The Hall–Kier alpha value is -0.430. The molecule has 6 heteroatoms. The second-order valence-corrected chi connectivity index (χ2v) is 7.46. The molecular formula is C12H20N2O2S2. The predicted octanol–water partition coefficient (Wildman–Crippen LogP) is 2.03. The fourth-order valence-electron chi connectivity index (χ4n) is 2.32. The molecule has 1 aliphatic rings. The van der Waals surface area contributed by atoms with Gasteiger partial charge in [0.2, 0.25) is 10.0 Å². The lowest BCUT2D eigenvalue weighted by molar-refractivity contribution is 0.408. The molecule has 0 bridgehead atoms. The minimum absolute atomic E-state index is 0.127. The zero-order valence-corrected chi connectivity index (χ0v) is 12.5. The standard InChI is InChI=1S/C12H20N2O2S2/c1-3-13-9-11-12(6-8-17-11)18(15,16)14-7-4-5-10(14)2/h6,8,10,13H,3-5,7,9H2,1-2H3. The van der Waals surface area contributed by atoms with Crippen LogP contribution in [0.3, 0.4) is 0 Å². The molecule has 0 amide bonds. The SMILES string of the molecule is CCNCc1sccc1S(=O)(=O)N1CCCC1C. The van der Waals surface area contributed by atoms with E-state index in [1.165, 1.54) is 11.3 Å². The molecule has 1 aromatic heterocycles. The van der Waals surface area contributed by atoms with Gasteiger partial charge in [0.25, 0.3) is 0 Å². The van der Waals surface area contributed by atoms with Gasteiger partial charge in [-0.15, -0.1) is 11.3 Å². The lowest BCUT2D eigenvalue weighted by Crippen LogP contribution is -2.34. The first-order chi connectivity index (χ1) is 8.57. The highest BCUT2D eigenvalue weighted by molar-refractivity contribution is 7.89. The Morgan fingerprint density at radius 3 is 2.94 bits per heavy atom. The first-order valence-electron chi connectivity index (χ1n) is 6.36. The molecule has 4 nitrogen and oxygen atoms in total. The van der Waals surface area contributed by atoms with Crippen LogP contribution in [0, 0.1) is 0 Å². The number of nitrogens with zero attached hydrogens (tertiary/aromatic N) is 1. The van der Waals surface area contributed by atoms with Crippen molar-refractivity contribution in [2.45, 2.75) is 44.2 Å². The van der Waals surface area contributed by atoms with Crippen LogP contribution in [0.1, 0.15) is 31.6 Å². The van der Waals surface area contributed by atoms with E-state index in [0.717, 1.165) is 24.3 Å². The molecule has 0 aromatic carbocycles. The van der Waals surface area contributed by atoms with Crippen molar-refractivity contribution in [3.05, 3.63) is 16.3 Å². The van der Waals surface area contributed by atoms with Gasteiger partial charge in [-0.3, -0.25) is 0 Å². The molecule has 1 fully saturated rings. The van der Waals surface area contributed by atoms with Crippen molar-refractivity contribution < 1.29 is 8.42 Å². The summed E-state index contributed by atoms with van der Waals surface area (Å²) in [5.74, 6) is 0. The van der Waals surface area contributed by atoms with Crippen LogP contribution in [0.5, 0.6) is 0 Å². The highest BCUT2D eigenvalue weighted by Crippen LogP contribution is 2.30. The third-order valence-electron chi connectivity index (χ3n) is 3.32. The highest BCUT2D eigenvalue weighted by atomic mass is 32.2. The maximum absolute atomic E-state index is 12.6. The number of rotatable bonds is 5. The Morgan fingerprint density at radius 2 is 2.33 bits per heavy atom. The van der Waals surface area contributed by atoms with Crippen molar-refractivity contribution in [3.8, 4) is 0 Å². The Balaban J connectivity index is 2.27. The van der Waals surface area contributed by atoms with Gasteiger partial charge in [0.15, 0.2) is 0 Å². The fourth-order valence-corrected chi connectivity index (χ4v) is 5.40. The van der Waals surface area contributed by atoms with E-state index in [4.69, 9.17) is 0 Å². The third-order valence-corrected chi connectivity index (χ3v) is 6.47. The first kappa shape index (κ1) is 14.0. The lowest BCUT2D eigenvalue weighted by Gasteiger charge is -2.21. The second-order valence-electron chi connectivity index (χ2n) is 4.60. The average Bonchev–Trinajstić information content (AvgIpc) is 2.94. The molecular weight excluding hydrogens is 268 g/mol. The van der Waals surface area contributed by atoms with Gasteiger partial charge in [0.05, 0.1) is 4.90 Å². The zero-order valence-electron chi connectivity index (χ0n) is 10.8. The molecule has 0 aliphatic carbocycles. The summed E-state index contributed by atoms with van der Waals surface area (Å²) >= 11 is 1.51. The number of thiophene rings is 1. The average molecular weight is 288 g/mol. The fraction of sp³-hybridized carbons (Fsp3) is 0.667. The summed E-state index contributed by atoms with van der Waals surface area (Å²) in [6, 6.07) is 1.86. The van der Waals surface area contributed by atoms with E-state index < -0.39 is 10.0 Å². The molecule has 0 saturated carbocycles. The van der Waals surface area contributed by atoms with Crippen LogP contribution in [0.4, 0.5) is 0 Å². The Labute approximate surface area is 113 Å². The predicted molar refractivity (Wildman–Crippen MR) is 74.3 cm³/mol. The molecule has 1 atom stereocenters. The minimum Gasteiger partial charge on any atom is -0.312 e. The van der Waals surface area contributed by atoms with Crippen molar-refractivity contribution in [3.63, 3.8) is 0 Å². The molecule has 1 unspecified atom stereocenters. The lowest BCUT2D eigenvalue weighted by atomic mass is 10.3. The van der Waals surface area contributed by atoms with E-state index in [0.29, 0.717) is 18.0 Å². The normalized spacial score (nSPS) is 21.6. The Morgan fingerprint density at radius 1 is 1.56 bits per heavy atom. The van der Waals surface area contributed by atoms with Crippen LogP contribution in [0.15, 0.2) is 16.3 Å². The van der Waals surface area contributed by atoms with Gasteiger partial charge in [0.1, 0.15) is 0 Å². The van der Waals surface area contributed by atoms with E-state index in [9.17, 15) is 8.42 Å². The van der Waals surface area contributed by atoms with Crippen LogP contribution in [-0.4, -0.2) is 31.9 Å². The van der Waals surface area contributed by atoms with Crippen LogP contribution < -0.4 is 5.32 Å². The molecule has 102 valence electrons. The van der Waals surface area contributed by atoms with E-state index in [1.54, 1.807) is 10.4 Å². The summed E-state index contributed by atoms with van der Waals surface area (Å²) in [5.41, 5.74) is 0. The maximum atomic E-state index is 12.6. The summed E-state index contributed by atoms with van der Waals surface area (Å²) in [6.45, 7) is 6.13. The van der Waals surface area contributed by atoms with E-state index >= 15 is 0 Å². The van der Waals surface area contributed by atoms with Crippen LogP contribution in [-0.2, 0) is 16.6 Å². The van der Waals surface area contributed by atoms with Crippen molar-refractivity contribution in [2.75, 3.05) is 13.1 Å². The van der Waals surface area contributed by atoms with Crippen LogP contribution in [0.2, 0.25) is 0 Å². The highest BCUT2D eigenvalue weighted by Gasteiger charge is 2.34. The van der Waals surface area contributed by atoms with Gasteiger partial charge in [-0.1, -0.05) is 6.92 Å². The van der Waals surface area contributed by atoms with Gasteiger partial charge in [-0.2, -0.15) is 4.31 Å². The molecule has 18 heavy (non-hydrogen) atoms. The topological polar surface area (TPSA) is 49.4 Å². The van der Waals surface area contributed by atoms with Crippen molar-refractivity contribution in [1.82, 2.24) is 9.62 Å². The third kappa shape index (κ3) is 2.61. The summed E-state index contributed by atoms with van der Waals surface area (Å²) in [7, 11) is -3.30.